The fraction of sp³-hybridized carbons (Fsp3) is 0.733. The van der Waals surface area contributed by atoms with E-state index in [1.54, 1.807) is 0 Å². The predicted octanol–water partition coefficient (Wildman–Crippen LogP) is -0.904. The van der Waals surface area contributed by atoms with Gasteiger partial charge in [-0.2, -0.15) is 0 Å². The molecular weight excluding hydrogens is 330 g/mol. The molecule has 0 aromatic heterocycles. The van der Waals surface area contributed by atoms with Crippen molar-refractivity contribution in [2.45, 2.75) is 57.9 Å². The van der Waals surface area contributed by atoms with Gasteiger partial charge in [-0.05, 0) is 18.8 Å². The van der Waals surface area contributed by atoms with Crippen molar-refractivity contribution in [3.63, 3.8) is 0 Å². The zero-order valence-corrected chi connectivity index (χ0v) is 14.5. The minimum atomic E-state index is -1.06. The molecule has 0 bridgehead atoms. The first kappa shape index (κ1) is 20.7. The summed E-state index contributed by atoms with van der Waals surface area (Å²) in [6.45, 7) is 4.31. The number of carboxylic acid groups (broad SMARTS) is 1. The van der Waals surface area contributed by atoms with Crippen LogP contribution in [0.4, 0.5) is 0 Å². The van der Waals surface area contributed by atoms with Crippen molar-refractivity contribution in [1.29, 1.82) is 5.41 Å². The van der Waals surface area contributed by atoms with Gasteiger partial charge in [0.1, 0.15) is 12.1 Å². The molecule has 0 saturated carbocycles. The van der Waals surface area contributed by atoms with Crippen LogP contribution in [-0.2, 0) is 19.1 Å². The molecule has 0 aromatic rings. The van der Waals surface area contributed by atoms with E-state index < -0.39 is 24.1 Å². The molecule has 2 amide bonds. The van der Waals surface area contributed by atoms with E-state index in [-0.39, 0.29) is 36.7 Å². The van der Waals surface area contributed by atoms with Gasteiger partial charge in [-0.15, -0.1) is 0 Å². The molecule has 1 heterocycles. The Balaban J connectivity index is 2.42. The molecule has 1 aliphatic rings. The third kappa shape index (κ3) is 8.89. The summed E-state index contributed by atoms with van der Waals surface area (Å²) in [7, 11) is 0. The number of ether oxygens (including phenoxy) is 1. The average molecular weight is 357 g/mol. The third-order valence-electron chi connectivity index (χ3n) is 3.54. The topological polar surface area (TPSA) is 170 Å². The van der Waals surface area contributed by atoms with Gasteiger partial charge in [0.25, 0.3) is 0 Å². The number of hydrogen-bond acceptors (Lipinski definition) is 5. The van der Waals surface area contributed by atoms with E-state index in [0.717, 1.165) is 0 Å². The summed E-state index contributed by atoms with van der Waals surface area (Å²) in [5.74, 6) is -1.84. The molecule has 0 aliphatic carbocycles. The van der Waals surface area contributed by atoms with Gasteiger partial charge in [-0.25, -0.2) is 0 Å². The molecule has 2 unspecified atom stereocenters. The Kier molecular flexibility index (Phi) is 8.12. The number of epoxide rings is 1. The zero-order chi connectivity index (χ0) is 19.0. The van der Waals surface area contributed by atoms with Crippen molar-refractivity contribution in [2.24, 2.45) is 11.7 Å². The number of carbonyl (C=O) groups excluding carboxylic acids is 2. The molecular formula is C15H27N5O5. The SMILES string of the molecule is CC(C)C[C@H](NC(=O)CCC(=O)O)C(=O)NC1OC1CCNC(=N)N. The van der Waals surface area contributed by atoms with Crippen LogP contribution in [0.15, 0.2) is 0 Å². The van der Waals surface area contributed by atoms with Crippen LogP contribution in [-0.4, -0.2) is 53.8 Å². The monoisotopic (exact) mass is 357 g/mol. The maximum absolute atomic E-state index is 12.3. The van der Waals surface area contributed by atoms with Gasteiger partial charge in [-0.3, -0.25) is 19.8 Å². The molecule has 1 fully saturated rings. The number of guanidine groups is 1. The number of carbonyl (C=O) groups is 3. The summed E-state index contributed by atoms with van der Waals surface area (Å²) < 4.78 is 5.33. The lowest BCUT2D eigenvalue weighted by molar-refractivity contribution is -0.139. The first-order valence-corrected chi connectivity index (χ1v) is 8.24. The zero-order valence-electron chi connectivity index (χ0n) is 14.5. The van der Waals surface area contributed by atoms with Crippen molar-refractivity contribution in [2.75, 3.05) is 6.54 Å². The number of nitrogens with two attached hydrogens (primary N) is 1. The van der Waals surface area contributed by atoms with Crippen LogP contribution in [0, 0.1) is 11.3 Å². The van der Waals surface area contributed by atoms with E-state index in [1.165, 1.54) is 0 Å². The molecule has 1 saturated heterocycles. The predicted molar refractivity (Wildman–Crippen MR) is 89.6 cm³/mol. The number of amides is 2. The van der Waals surface area contributed by atoms with Crippen molar-refractivity contribution < 1.29 is 24.2 Å². The Morgan fingerprint density at radius 2 is 1.96 bits per heavy atom. The second kappa shape index (κ2) is 9.82. The highest BCUT2D eigenvalue weighted by molar-refractivity contribution is 5.88. The summed E-state index contributed by atoms with van der Waals surface area (Å²) >= 11 is 0. The maximum atomic E-state index is 12.3. The van der Waals surface area contributed by atoms with Crippen molar-refractivity contribution in [1.82, 2.24) is 16.0 Å². The number of nitrogens with one attached hydrogen (secondary N) is 4. The van der Waals surface area contributed by atoms with E-state index in [9.17, 15) is 14.4 Å². The lowest BCUT2D eigenvalue weighted by Gasteiger charge is -2.19. The molecule has 3 atom stereocenters. The van der Waals surface area contributed by atoms with E-state index >= 15 is 0 Å². The fourth-order valence-corrected chi connectivity index (χ4v) is 2.27. The summed E-state index contributed by atoms with van der Waals surface area (Å²) in [4.78, 5) is 34.6. The summed E-state index contributed by atoms with van der Waals surface area (Å²) in [6, 6.07) is -0.735. The van der Waals surface area contributed by atoms with Gasteiger partial charge >= 0.3 is 5.97 Å². The Bertz CT molecular complexity index is 511. The minimum absolute atomic E-state index is 0.123. The molecule has 10 nitrogen and oxygen atoms in total. The molecule has 10 heteroatoms. The highest BCUT2D eigenvalue weighted by Gasteiger charge is 2.40. The van der Waals surface area contributed by atoms with Gasteiger partial charge < -0.3 is 31.5 Å². The highest BCUT2D eigenvalue weighted by Crippen LogP contribution is 2.22. The number of aliphatic carboxylic acids is 1. The van der Waals surface area contributed by atoms with Crippen LogP contribution in [0.3, 0.4) is 0 Å². The Labute approximate surface area is 146 Å². The van der Waals surface area contributed by atoms with Gasteiger partial charge in [-0.1, -0.05) is 13.8 Å². The van der Waals surface area contributed by atoms with Gasteiger partial charge in [0.2, 0.25) is 11.8 Å². The molecule has 1 aliphatic heterocycles. The van der Waals surface area contributed by atoms with Crippen molar-refractivity contribution in [3.05, 3.63) is 0 Å². The Hall–Kier alpha value is -2.36. The van der Waals surface area contributed by atoms with Gasteiger partial charge in [0.15, 0.2) is 12.2 Å². The first-order chi connectivity index (χ1) is 11.7. The fourth-order valence-electron chi connectivity index (χ4n) is 2.27. The van der Waals surface area contributed by atoms with Crippen molar-refractivity contribution in [3.8, 4) is 0 Å². The largest absolute Gasteiger partial charge is 0.481 e. The summed E-state index contributed by atoms with van der Waals surface area (Å²) in [5, 5.41) is 23.6. The molecule has 0 spiro atoms. The van der Waals surface area contributed by atoms with Gasteiger partial charge in [0, 0.05) is 13.0 Å². The number of rotatable bonds is 11. The quantitative estimate of drug-likeness (QED) is 0.158. The minimum Gasteiger partial charge on any atom is -0.481 e. The molecule has 0 radical (unpaired) electrons. The first-order valence-electron chi connectivity index (χ1n) is 8.24. The third-order valence-corrected chi connectivity index (χ3v) is 3.54. The van der Waals surface area contributed by atoms with Crippen LogP contribution in [0.25, 0.3) is 0 Å². The Morgan fingerprint density at radius 3 is 2.52 bits per heavy atom. The molecule has 142 valence electrons. The van der Waals surface area contributed by atoms with E-state index in [1.807, 2.05) is 13.8 Å². The summed E-state index contributed by atoms with van der Waals surface area (Å²) in [6.07, 6.45) is -0.00171. The normalized spacial score (nSPS) is 19.8. The lowest BCUT2D eigenvalue weighted by atomic mass is 10.0. The van der Waals surface area contributed by atoms with Crippen molar-refractivity contribution >= 4 is 23.7 Å². The molecule has 25 heavy (non-hydrogen) atoms. The van der Waals surface area contributed by atoms with E-state index in [0.29, 0.717) is 19.4 Å². The smallest absolute Gasteiger partial charge is 0.303 e. The average Bonchev–Trinajstić information content (AvgIpc) is 3.21. The van der Waals surface area contributed by atoms with Crippen LogP contribution in [0.2, 0.25) is 0 Å². The van der Waals surface area contributed by atoms with Crippen LogP contribution in [0.5, 0.6) is 0 Å². The number of carboxylic acids is 1. The van der Waals surface area contributed by atoms with Crippen LogP contribution >= 0.6 is 0 Å². The van der Waals surface area contributed by atoms with Crippen LogP contribution in [0.1, 0.15) is 39.5 Å². The molecule has 0 aromatic carbocycles. The Morgan fingerprint density at radius 1 is 1.28 bits per heavy atom. The second-order valence-electron chi connectivity index (χ2n) is 6.38. The second-order valence-corrected chi connectivity index (χ2v) is 6.38. The van der Waals surface area contributed by atoms with Crippen LogP contribution < -0.4 is 21.7 Å². The highest BCUT2D eigenvalue weighted by atomic mass is 16.6. The number of hydrogen-bond donors (Lipinski definition) is 6. The summed E-state index contributed by atoms with van der Waals surface area (Å²) in [5.41, 5.74) is 5.17. The molecule has 7 N–H and O–H groups in total. The molecule has 1 rings (SSSR count). The standard InChI is InChI=1S/C15H27N5O5/c1-8(2)7-9(19-11(21)3-4-12(22)23)13(24)20-14-10(25-14)5-6-18-15(16)17/h8-10,14H,3-7H2,1-2H3,(H,19,21)(H,20,24)(H,22,23)(H4,16,17,18)/t9-,10?,14?/m0/s1. The maximum Gasteiger partial charge on any atom is 0.303 e. The lowest BCUT2D eigenvalue weighted by Crippen LogP contribution is -2.48. The van der Waals surface area contributed by atoms with Gasteiger partial charge in [0.05, 0.1) is 6.42 Å². The van der Waals surface area contributed by atoms with E-state index in [4.69, 9.17) is 21.0 Å². The van der Waals surface area contributed by atoms with E-state index in [2.05, 4.69) is 16.0 Å².